The molecule has 3 aliphatic heterocycles. The molecule has 0 unspecified atom stereocenters. The van der Waals surface area contributed by atoms with E-state index >= 15 is 0 Å². The molecule has 6 rings (SSSR count). The van der Waals surface area contributed by atoms with Gasteiger partial charge in [0.2, 0.25) is 5.91 Å². The van der Waals surface area contributed by atoms with Gasteiger partial charge in [0.05, 0.1) is 19.2 Å². The van der Waals surface area contributed by atoms with Crippen molar-refractivity contribution in [3.05, 3.63) is 76.9 Å². The Labute approximate surface area is 325 Å². The standard InChI is InChI=1S/C39H44F3N3O12/c1-37(2,3)56-29(48)14-12-26(19-46)44-34(49)25-6-4-5-24(15-25)17-43-36(51)38-16-27-30-31(54-21-53-30)33(38)57-45(32(38)35(50)55-27)18-23-9-7-22(8-10-23)11-13-28(47)52-20-39(40,41)42/h4-11,13,15,26-27,30-33,46H,12,14,16-21H2,1-3H3,(H,43,51)(H,44,49)/t26-,27+,30-,31-,32-,33+,38-/m0/s1. The van der Waals surface area contributed by atoms with Crippen LogP contribution in [-0.2, 0) is 60.8 Å². The zero-order chi connectivity index (χ0) is 41.1. The fourth-order valence-corrected chi connectivity index (χ4v) is 7.44. The molecule has 57 heavy (non-hydrogen) atoms. The molecule has 1 saturated carbocycles. The maximum Gasteiger partial charge on any atom is 0.422 e. The van der Waals surface area contributed by atoms with Crippen LogP contribution in [0.1, 0.15) is 67.1 Å². The molecule has 2 aromatic rings. The van der Waals surface area contributed by atoms with Crippen molar-refractivity contribution in [1.29, 1.82) is 0 Å². The number of carbonyl (C=O) groups is 5. The number of aliphatic hydroxyl groups excluding tert-OH is 1. The van der Waals surface area contributed by atoms with E-state index in [-0.39, 0.29) is 44.7 Å². The van der Waals surface area contributed by atoms with Crippen molar-refractivity contribution in [2.45, 2.75) is 101 Å². The number of carbonyl (C=O) groups excluding carboxylic acids is 5. The predicted octanol–water partition coefficient (Wildman–Crippen LogP) is 2.88. The Morgan fingerprint density at radius 1 is 1.05 bits per heavy atom. The number of hydrogen-bond acceptors (Lipinski definition) is 13. The molecular weight excluding hydrogens is 759 g/mol. The highest BCUT2D eigenvalue weighted by molar-refractivity contribution is 5.95. The molecule has 4 fully saturated rings. The highest BCUT2D eigenvalue weighted by atomic mass is 19.4. The molecule has 15 nitrogen and oxygen atoms in total. The molecule has 308 valence electrons. The molecule has 0 aromatic heterocycles. The Bertz CT molecular complexity index is 1870. The minimum absolute atomic E-state index is 0.00450. The van der Waals surface area contributed by atoms with Crippen molar-refractivity contribution in [1.82, 2.24) is 15.7 Å². The number of nitrogens with zero attached hydrogens (tertiary/aromatic N) is 1. The van der Waals surface area contributed by atoms with Crippen molar-refractivity contribution in [2.75, 3.05) is 20.0 Å². The van der Waals surface area contributed by atoms with Crippen LogP contribution in [0.4, 0.5) is 13.2 Å². The number of esters is 3. The molecule has 3 N–H and O–H groups in total. The third kappa shape index (κ3) is 9.81. The van der Waals surface area contributed by atoms with Gasteiger partial charge in [-0.05, 0) is 62.1 Å². The van der Waals surface area contributed by atoms with Crippen LogP contribution in [0.25, 0.3) is 6.08 Å². The molecule has 1 aliphatic carbocycles. The maximum absolute atomic E-state index is 14.4. The molecule has 3 saturated heterocycles. The summed E-state index contributed by atoms with van der Waals surface area (Å²) >= 11 is 0. The Hall–Kier alpha value is -4.88. The molecule has 0 radical (unpaired) electrons. The van der Waals surface area contributed by atoms with Crippen molar-refractivity contribution in [3.8, 4) is 0 Å². The number of benzene rings is 2. The van der Waals surface area contributed by atoms with Crippen LogP contribution in [-0.4, -0.2) is 108 Å². The van der Waals surface area contributed by atoms with Gasteiger partial charge in [-0.1, -0.05) is 36.4 Å². The fraction of sp³-hybridized carbons (Fsp3) is 0.513. The number of nitrogens with one attached hydrogen (secondary N) is 2. The first-order chi connectivity index (χ1) is 27.0. The summed E-state index contributed by atoms with van der Waals surface area (Å²) < 4.78 is 63.9. The van der Waals surface area contributed by atoms with E-state index in [2.05, 4.69) is 15.4 Å². The maximum atomic E-state index is 14.4. The minimum atomic E-state index is -4.64. The number of alkyl halides is 3. The monoisotopic (exact) mass is 803 g/mol. The number of fused-ring (bicyclic) bond motifs is 4. The minimum Gasteiger partial charge on any atom is -0.460 e. The Morgan fingerprint density at radius 3 is 2.49 bits per heavy atom. The molecule has 3 heterocycles. The summed E-state index contributed by atoms with van der Waals surface area (Å²) in [4.78, 5) is 71.5. The second-order valence-electron chi connectivity index (χ2n) is 15.3. The lowest BCUT2D eigenvalue weighted by molar-refractivity contribution is -0.201. The molecule has 18 heteroatoms. The average molecular weight is 804 g/mol. The van der Waals surface area contributed by atoms with E-state index < -0.39 is 96.6 Å². The van der Waals surface area contributed by atoms with Gasteiger partial charge in [-0.3, -0.25) is 24.0 Å². The summed E-state index contributed by atoms with van der Waals surface area (Å²) in [5, 5.41) is 16.9. The van der Waals surface area contributed by atoms with Crippen LogP contribution >= 0.6 is 0 Å². The van der Waals surface area contributed by atoms with Gasteiger partial charge in [0.25, 0.3) is 5.91 Å². The van der Waals surface area contributed by atoms with Crippen LogP contribution in [0.3, 0.4) is 0 Å². The van der Waals surface area contributed by atoms with Gasteiger partial charge in [0.15, 0.2) is 12.6 Å². The van der Waals surface area contributed by atoms with Crippen LogP contribution in [0.15, 0.2) is 54.6 Å². The van der Waals surface area contributed by atoms with Crippen LogP contribution in [0.5, 0.6) is 0 Å². The lowest BCUT2D eigenvalue weighted by atomic mass is 9.62. The van der Waals surface area contributed by atoms with Gasteiger partial charge >= 0.3 is 24.1 Å². The van der Waals surface area contributed by atoms with Crippen molar-refractivity contribution in [2.24, 2.45) is 5.41 Å². The highest BCUT2D eigenvalue weighted by Crippen LogP contribution is 2.55. The first-order valence-corrected chi connectivity index (χ1v) is 18.3. The van der Waals surface area contributed by atoms with Gasteiger partial charge in [0.1, 0.15) is 42.2 Å². The fourth-order valence-electron chi connectivity index (χ4n) is 7.44. The van der Waals surface area contributed by atoms with E-state index in [0.29, 0.717) is 16.7 Å². The Morgan fingerprint density at radius 2 is 1.79 bits per heavy atom. The first kappa shape index (κ1) is 41.7. The van der Waals surface area contributed by atoms with E-state index in [1.807, 2.05) is 0 Å². The van der Waals surface area contributed by atoms with E-state index in [9.17, 15) is 42.3 Å². The predicted molar refractivity (Wildman–Crippen MR) is 190 cm³/mol. The summed E-state index contributed by atoms with van der Waals surface area (Å²) in [6, 6.07) is 11.2. The molecule has 4 aliphatic rings. The van der Waals surface area contributed by atoms with Crippen molar-refractivity contribution >= 4 is 35.8 Å². The van der Waals surface area contributed by atoms with E-state index in [0.717, 1.165) is 6.08 Å². The zero-order valence-electron chi connectivity index (χ0n) is 31.4. The molecular formula is C39H44F3N3O12. The number of hydrogen-bond donors (Lipinski definition) is 3. The average Bonchev–Trinajstić information content (AvgIpc) is 3.78. The van der Waals surface area contributed by atoms with Gasteiger partial charge in [0, 0.05) is 31.0 Å². The SMILES string of the molecule is CC(C)(C)OC(=O)CC[C@@H](CO)NC(=O)c1cccc(CNC(=O)[C@@]23C[C@H]4OC(=O)[C@@H]2N(Cc2ccc(C=CC(=O)OCC(F)(F)F)cc2)O[C@@H]3[C@H]2OCO[C@H]24)c1. The largest absolute Gasteiger partial charge is 0.460 e. The van der Waals surface area contributed by atoms with Gasteiger partial charge in [-0.15, -0.1) is 0 Å². The summed E-state index contributed by atoms with van der Waals surface area (Å²) in [7, 11) is 0. The van der Waals surface area contributed by atoms with Gasteiger partial charge in [-0.25, -0.2) is 4.79 Å². The summed E-state index contributed by atoms with van der Waals surface area (Å²) in [5.74, 6) is -3.28. The van der Waals surface area contributed by atoms with Crippen LogP contribution in [0, 0.1) is 5.41 Å². The summed E-state index contributed by atoms with van der Waals surface area (Å²) in [5.41, 5.74) is -0.167. The molecule has 2 aromatic carbocycles. The lowest BCUT2D eigenvalue weighted by Crippen LogP contribution is -2.69. The summed E-state index contributed by atoms with van der Waals surface area (Å²) in [6.07, 6.45) is -5.33. The van der Waals surface area contributed by atoms with E-state index in [4.69, 9.17) is 23.8 Å². The number of ether oxygens (including phenoxy) is 5. The lowest BCUT2D eigenvalue weighted by Gasteiger charge is -2.48. The normalized spacial score (nSPS) is 26.0. The number of halogens is 3. The highest BCUT2D eigenvalue weighted by Gasteiger charge is 2.74. The smallest absolute Gasteiger partial charge is 0.422 e. The second-order valence-corrected chi connectivity index (χ2v) is 15.3. The Kier molecular flexibility index (Phi) is 12.4. The molecule has 2 bridgehead atoms. The van der Waals surface area contributed by atoms with Crippen LogP contribution < -0.4 is 10.6 Å². The Balaban J connectivity index is 1.13. The number of rotatable bonds is 14. The van der Waals surface area contributed by atoms with Crippen molar-refractivity contribution < 1.29 is 70.8 Å². The quantitative estimate of drug-likeness (QED) is 0.144. The topological polar surface area (TPSA) is 188 Å². The van der Waals surface area contributed by atoms with Gasteiger partial charge < -0.3 is 39.4 Å². The number of aliphatic hydroxyl groups is 1. The molecule has 2 amide bonds. The number of amides is 2. The first-order valence-electron chi connectivity index (χ1n) is 18.3. The van der Waals surface area contributed by atoms with E-state index in [1.165, 1.54) is 11.1 Å². The third-order valence-electron chi connectivity index (χ3n) is 9.92. The molecule has 7 atom stereocenters. The summed E-state index contributed by atoms with van der Waals surface area (Å²) in [6.45, 7) is 3.05. The molecule has 0 spiro atoms. The van der Waals surface area contributed by atoms with Crippen LogP contribution in [0.2, 0.25) is 0 Å². The number of hydroxylamine groups is 2. The zero-order valence-corrected chi connectivity index (χ0v) is 31.4. The third-order valence-corrected chi connectivity index (χ3v) is 9.92. The second kappa shape index (κ2) is 16.9. The van der Waals surface area contributed by atoms with Gasteiger partial charge in [-0.2, -0.15) is 18.2 Å². The van der Waals surface area contributed by atoms with E-state index in [1.54, 1.807) is 69.3 Å². The van der Waals surface area contributed by atoms with Crippen molar-refractivity contribution in [3.63, 3.8) is 0 Å².